The summed E-state index contributed by atoms with van der Waals surface area (Å²) in [5.41, 5.74) is 1.77. The maximum atomic E-state index is 12.2. The molecule has 21 heavy (non-hydrogen) atoms. The molecule has 1 aliphatic carbocycles. The van der Waals surface area contributed by atoms with Crippen molar-refractivity contribution < 1.29 is 14.7 Å². The van der Waals surface area contributed by atoms with Crippen LogP contribution in [0.1, 0.15) is 50.5 Å². The third-order valence-corrected chi connectivity index (χ3v) is 4.07. The number of hydrogen-bond acceptors (Lipinski definition) is 2. The first-order valence-electron chi connectivity index (χ1n) is 7.77. The van der Waals surface area contributed by atoms with Gasteiger partial charge in [0.2, 0.25) is 5.91 Å². The highest BCUT2D eigenvalue weighted by molar-refractivity contribution is 5.92. The van der Waals surface area contributed by atoms with Gasteiger partial charge in [-0.25, -0.2) is 0 Å². The van der Waals surface area contributed by atoms with E-state index in [0.717, 1.165) is 36.9 Å². The molecule has 0 unspecified atom stereocenters. The SMILES string of the molecule is O=C(O)CCc1ccc(NC(=O)C2CCCCCC2)cc1. The predicted octanol–water partition coefficient (Wildman–Crippen LogP) is 3.61. The number of hydrogen-bond donors (Lipinski definition) is 2. The maximum Gasteiger partial charge on any atom is 0.303 e. The van der Waals surface area contributed by atoms with Crippen LogP contribution in [0.15, 0.2) is 24.3 Å². The van der Waals surface area contributed by atoms with Gasteiger partial charge in [0.05, 0.1) is 0 Å². The van der Waals surface area contributed by atoms with Crippen LogP contribution < -0.4 is 5.32 Å². The number of amides is 1. The predicted molar refractivity (Wildman–Crippen MR) is 82.2 cm³/mol. The largest absolute Gasteiger partial charge is 0.481 e. The van der Waals surface area contributed by atoms with Crippen LogP contribution in [0.2, 0.25) is 0 Å². The zero-order chi connectivity index (χ0) is 15.1. The summed E-state index contributed by atoms with van der Waals surface area (Å²) in [5, 5.41) is 11.6. The second-order valence-electron chi connectivity index (χ2n) is 5.77. The number of carbonyl (C=O) groups excluding carboxylic acids is 1. The normalized spacial score (nSPS) is 16.2. The van der Waals surface area contributed by atoms with Gasteiger partial charge < -0.3 is 10.4 Å². The van der Waals surface area contributed by atoms with Crippen LogP contribution in [0.4, 0.5) is 5.69 Å². The van der Waals surface area contributed by atoms with E-state index in [1.54, 1.807) is 0 Å². The molecule has 1 aliphatic rings. The third kappa shape index (κ3) is 5.21. The van der Waals surface area contributed by atoms with E-state index in [9.17, 15) is 9.59 Å². The third-order valence-electron chi connectivity index (χ3n) is 4.07. The Bertz CT molecular complexity index is 473. The van der Waals surface area contributed by atoms with Crippen molar-refractivity contribution in [3.8, 4) is 0 Å². The van der Waals surface area contributed by atoms with Gasteiger partial charge in [-0.2, -0.15) is 0 Å². The Kier molecular flexibility index (Phi) is 5.78. The van der Waals surface area contributed by atoms with Crippen molar-refractivity contribution in [2.75, 3.05) is 5.32 Å². The van der Waals surface area contributed by atoms with E-state index in [1.165, 1.54) is 12.8 Å². The monoisotopic (exact) mass is 289 g/mol. The molecule has 0 aromatic heterocycles. The molecule has 1 saturated carbocycles. The number of benzene rings is 1. The smallest absolute Gasteiger partial charge is 0.303 e. The number of nitrogens with one attached hydrogen (secondary N) is 1. The first-order valence-corrected chi connectivity index (χ1v) is 7.77. The quantitative estimate of drug-likeness (QED) is 0.814. The van der Waals surface area contributed by atoms with Gasteiger partial charge in [0, 0.05) is 18.0 Å². The Morgan fingerprint density at radius 3 is 2.24 bits per heavy atom. The number of anilines is 1. The summed E-state index contributed by atoms with van der Waals surface area (Å²) >= 11 is 0. The van der Waals surface area contributed by atoms with E-state index in [4.69, 9.17) is 5.11 Å². The van der Waals surface area contributed by atoms with Crippen LogP contribution in [-0.2, 0) is 16.0 Å². The number of carbonyl (C=O) groups is 2. The van der Waals surface area contributed by atoms with E-state index >= 15 is 0 Å². The van der Waals surface area contributed by atoms with Crippen molar-refractivity contribution in [1.29, 1.82) is 0 Å². The molecular formula is C17H23NO3. The van der Waals surface area contributed by atoms with Crippen molar-refractivity contribution in [1.82, 2.24) is 0 Å². The molecule has 0 aliphatic heterocycles. The fraction of sp³-hybridized carbons (Fsp3) is 0.529. The van der Waals surface area contributed by atoms with Crippen molar-refractivity contribution in [3.63, 3.8) is 0 Å². The van der Waals surface area contributed by atoms with E-state index in [2.05, 4.69) is 5.32 Å². The molecule has 1 fully saturated rings. The molecule has 114 valence electrons. The van der Waals surface area contributed by atoms with Crippen LogP contribution >= 0.6 is 0 Å². The second kappa shape index (κ2) is 7.81. The molecule has 0 atom stereocenters. The minimum Gasteiger partial charge on any atom is -0.481 e. The van der Waals surface area contributed by atoms with Gasteiger partial charge in [-0.05, 0) is 37.0 Å². The topological polar surface area (TPSA) is 66.4 Å². The molecule has 0 radical (unpaired) electrons. The zero-order valence-electron chi connectivity index (χ0n) is 12.3. The van der Waals surface area contributed by atoms with Gasteiger partial charge in [0.15, 0.2) is 0 Å². The molecule has 2 N–H and O–H groups in total. The summed E-state index contributed by atoms with van der Waals surface area (Å²) in [4.78, 5) is 22.8. The fourth-order valence-electron chi connectivity index (χ4n) is 2.79. The molecule has 0 saturated heterocycles. The molecule has 0 bridgehead atoms. The number of aryl methyl sites for hydroxylation is 1. The minimum absolute atomic E-state index is 0.121. The lowest BCUT2D eigenvalue weighted by molar-refractivity contribution is -0.137. The van der Waals surface area contributed by atoms with Gasteiger partial charge in [0.1, 0.15) is 0 Å². The summed E-state index contributed by atoms with van der Waals surface area (Å²) in [5.74, 6) is -0.532. The Labute approximate surface area is 125 Å². The molecule has 1 aromatic rings. The Hall–Kier alpha value is -1.84. The molecule has 1 amide bonds. The van der Waals surface area contributed by atoms with Crippen LogP contribution in [-0.4, -0.2) is 17.0 Å². The van der Waals surface area contributed by atoms with Gasteiger partial charge in [-0.1, -0.05) is 37.8 Å². The Balaban J connectivity index is 1.87. The molecule has 0 spiro atoms. The lowest BCUT2D eigenvalue weighted by Crippen LogP contribution is -2.22. The van der Waals surface area contributed by atoms with Gasteiger partial charge >= 0.3 is 5.97 Å². The maximum absolute atomic E-state index is 12.2. The highest BCUT2D eigenvalue weighted by atomic mass is 16.4. The lowest BCUT2D eigenvalue weighted by atomic mass is 9.99. The summed E-state index contributed by atoms with van der Waals surface area (Å²) in [7, 11) is 0. The van der Waals surface area contributed by atoms with Crippen LogP contribution in [0.5, 0.6) is 0 Å². The fourth-order valence-corrected chi connectivity index (χ4v) is 2.79. The summed E-state index contributed by atoms with van der Waals surface area (Å²) in [6.45, 7) is 0. The van der Waals surface area contributed by atoms with Crippen LogP contribution in [0.3, 0.4) is 0 Å². The van der Waals surface area contributed by atoms with E-state index in [0.29, 0.717) is 6.42 Å². The van der Waals surface area contributed by atoms with Crippen molar-refractivity contribution >= 4 is 17.6 Å². The molecule has 0 heterocycles. The number of carboxylic acid groups (broad SMARTS) is 1. The average molecular weight is 289 g/mol. The lowest BCUT2D eigenvalue weighted by Gasteiger charge is -2.14. The van der Waals surface area contributed by atoms with Gasteiger partial charge in [0.25, 0.3) is 0 Å². The Morgan fingerprint density at radius 1 is 1.05 bits per heavy atom. The number of carboxylic acids is 1. The summed E-state index contributed by atoms with van der Waals surface area (Å²) in [6.07, 6.45) is 7.40. The zero-order valence-corrected chi connectivity index (χ0v) is 12.3. The van der Waals surface area contributed by atoms with E-state index in [-0.39, 0.29) is 18.2 Å². The number of rotatable bonds is 5. The average Bonchev–Trinajstić information content (AvgIpc) is 2.75. The molecule has 4 nitrogen and oxygen atoms in total. The van der Waals surface area contributed by atoms with E-state index < -0.39 is 5.97 Å². The standard InChI is InChI=1S/C17H23NO3/c19-16(20)12-9-13-7-10-15(11-8-13)18-17(21)14-5-3-1-2-4-6-14/h7-8,10-11,14H,1-6,9,12H2,(H,18,21)(H,19,20). The Morgan fingerprint density at radius 2 is 1.67 bits per heavy atom. The summed E-state index contributed by atoms with van der Waals surface area (Å²) in [6, 6.07) is 7.47. The first kappa shape index (κ1) is 15.5. The second-order valence-corrected chi connectivity index (χ2v) is 5.77. The van der Waals surface area contributed by atoms with Crippen LogP contribution in [0.25, 0.3) is 0 Å². The molecular weight excluding hydrogens is 266 g/mol. The minimum atomic E-state index is -0.791. The first-order chi connectivity index (χ1) is 10.1. The summed E-state index contributed by atoms with van der Waals surface area (Å²) < 4.78 is 0. The van der Waals surface area contributed by atoms with E-state index in [1.807, 2.05) is 24.3 Å². The van der Waals surface area contributed by atoms with Gasteiger partial charge in [-0.15, -0.1) is 0 Å². The van der Waals surface area contributed by atoms with Crippen molar-refractivity contribution in [2.45, 2.75) is 51.4 Å². The van der Waals surface area contributed by atoms with Gasteiger partial charge in [-0.3, -0.25) is 9.59 Å². The van der Waals surface area contributed by atoms with Crippen molar-refractivity contribution in [3.05, 3.63) is 29.8 Å². The highest BCUT2D eigenvalue weighted by Crippen LogP contribution is 2.24. The van der Waals surface area contributed by atoms with Crippen LogP contribution in [0, 0.1) is 5.92 Å². The number of aliphatic carboxylic acids is 1. The molecule has 1 aromatic carbocycles. The van der Waals surface area contributed by atoms with Crippen molar-refractivity contribution in [2.24, 2.45) is 5.92 Å². The molecule has 2 rings (SSSR count). The highest BCUT2D eigenvalue weighted by Gasteiger charge is 2.19. The molecule has 4 heteroatoms.